The molecule has 2 aromatic rings. The van der Waals surface area contributed by atoms with E-state index in [0.717, 1.165) is 24.1 Å². The van der Waals surface area contributed by atoms with Crippen LogP contribution in [0.15, 0.2) is 30.7 Å². The van der Waals surface area contributed by atoms with Crippen molar-refractivity contribution in [2.75, 3.05) is 11.1 Å². The van der Waals surface area contributed by atoms with Crippen LogP contribution in [-0.2, 0) is 0 Å². The molecule has 0 atom stereocenters. The molecule has 1 aliphatic rings. The second-order valence-electron chi connectivity index (χ2n) is 4.94. The van der Waals surface area contributed by atoms with E-state index in [1.165, 1.54) is 0 Å². The van der Waals surface area contributed by atoms with Crippen molar-refractivity contribution in [2.24, 2.45) is 0 Å². The first kappa shape index (κ1) is 11.8. The minimum atomic E-state index is -0.139. The molecular weight excluding hydrogens is 240 g/mol. The fraction of sp³-hybridized carbons (Fsp3) is 0.286. The van der Waals surface area contributed by atoms with Gasteiger partial charge in [-0.2, -0.15) is 0 Å². The topological polar surface area (TPSA) is 72.9 Å². The van der Waals surface area contributed by atoms with Gasteiger partial charge in [0.15, 0.2) is 0 Å². The number of nitrogens with zero attached hydrogens (tertiary/aromatic N) is 2. The van der Waals surface area contributed by atoms with E-state index in [-0.39, 0.29) is 5.91 Å². The monoisotopic (exact) mass is 256 g/mol. The molecule has 98 valence electrons. The fourth-order valence-electron chi connectivity index (χ4n) is 2.12. The van der Waals surface area contributed by atoms with Gasteiger partial charge in [0, 0.05) is 18.4 Å². The summed E-state index contributed by atoms with van der Waals surface area (Å²) in [5, 5.41) is 2.89. The number of hydrogen-bond acceptors (Lipinski definition) is 3. The van der Waals surface area contributed by atoms with Crippen LogP contribution in [0, 0.1) is 6.92 Å². The van der Waals surface area contributed by atoms with Crippen molar-refractivity contribution in [1.29, 1.82) is 0 Å². The summed E-state index contributed by atoms with van der Waals surface area (Å²) in [4.78, 5) is 16.3. The maximum atomic E-state index is 12.3. The fourth-order valence-corrected chi connectivity index (χ4v) is 2.12. The Labute approximate surface area is 111 Å². The van der Waals surface area contributed by atoms with Crippen LogP contribution in [0.5, 0.6) is 0 Å². The van der Waals surface area contributed by atoms with E-state index in [2.05, 4.69) is 10.3 Å². The first-order chi connectivity index (χ1) is 9.15. The quantitative estimate of drug-likeness (QED) is 0.885. The lowest BCUT2D eigenvalue weighted by Crippen LogP contribution is -2.17. The second kappa shape index (κ2) is 4.42. The van der Waals surface area contributed by atoms with Gasteiger partial charge in [-0.3, -0.25) is 9.78 Å². The van der Waals surface area contributed by atoms with Crippen molar-refractivity contribution in [1.82, 2.24) is 9.55 Å². The molecule has 1 fully saturated rings. The Balaban J connectivity index is 1.86. The molecular formula is C14H16N4O. The zero-order valence-electron chi connectivity index (χ0n) is 10.8. The van der Waals surface area contributed by atoms with Gasteiger partial charge in [-0.05, 0) is 37.5 Å². The van der Waals surface area contributed by atoms with Crippen molar-refractivity contribution in [3.05, 3.63) is 42.0 Å². The van der Waals surface area contributed by atoms with Crippen molar-refractivity contribution >= 4 is 17.3 Å². The summed E-state index contributed by atoms with van der Waals surface area (Å²) in [6.45, 7) is 1.94. The van der Waals surface area contributed by atoms with Crippen molar-refractivity contribution in [3.63, 3.8) is 0 Å². The number of nitrogens with two attached hydrogens (primary N) is 1. The summed E-state index contributed by atoms with van der Waals surface area (Å²) in [6, 6.07) is 4.01. The number of nitrogen functional groups attached to an aromatic ring is 1. The van der Waals surface area contributed by atoms with E-state index in [4.69, 9.17) is 5.73 Å². The van der Waals surface area contributed by atoms with E-state index in [9.17, 15) is 4.79 Å². The lowest BCUT2D eigenvalue weighted by Gasteiger charge is -2.09. The number of anilines is 2. The van der Waals surface area contributed by atoms with Crippen LogP contribution < -0.4 is 11.1 Å². The zero-order valence-corrected chi connectivity index (χ0v) is 10.8. The van der Waals surface area contributed by atoms with Crippen molar-refractivity contribution in [3.8, 4) is 0 Å². The molecule has 5 nitrogen and oxygen atoms in total. The summed E-state index contributed by atoms with van der Waals surface area (Å²) in [5.74, 6) is -0.139. The maximum Gasteiger partial charge on any atom is 0.272 e. The van der Waals surface area contributed by atoms with E-state index < -0.39 is 0 Å². The number of nitrogens with one attached hydrogen (secondary N) is 1. The normalized spacial score (nSPS) is 14.4. The zero-order chi connectivity index (χ0) is 13.4. The number of carbonyl (C=O) groups is 1. The molecule has 3 rings (SSSR count). The minimum absolute atomic E-state index is 0.139. The Morgan fingerprint density at radius 2 is 2.32 bits per heavy atom. The second-order valence-corrected chi connectivity index (χ2v) is 4.94. The van der Waals surface area contributed by atoms with Gasteiger partial charge in [0.05, 0.1) is 17.6 Å². The molecule has 19 heavy (non-hydrogen) atoms. The molecule has 0 unspecified atom stereocenters. The van der Waals surface area contributed by atoms with E-state index in [0.29, 0.717) is 17.4 Å². The molecule has 2 heterocycles. The molecule has 0 bridgehead atoms. The number of pyridine rings is 1. The Bertz CT molecular complexity index is 628. The summed E-state index contributed by atoms with van der Waals surface area (Å²) in [7, 11) is 0. The van der Waals surface area contributed by atoms with E-state index >= 15 is 0 Å². The van der Waals surface area contributed by atoms with E-state index in [1.54, 1.807) is 18.5 Å². The molecule has 2 aromatic heterocycles. The summed E-state index contributed by atoms with van der Waals surface area (Å²) in [6.07, 6.45) is 7.42. The lowest BCUT2D eigenvalue weighted by atomic mass is 10.2. The molecule has 0 radical (unpaired) electrons. The number of hydrogen-bond donors (Lipinski definition) is 2. The number of amides is 1. The summed E-state index contributed by atoms with van der Waals surface area (Å²) in [5.41, 5.74) is 8.75. The maximum absolute atomic E-state index is 12.3. The van der Waals surface area contributed by atoms with Crippen LogP contribution >= 0.6 is 0 Å². The molecule has 0 aromatic carbocycles. The van der Waals surface area contributed by atoms with Crippen LogP contribution in [0.1, 0.15) is 34.9 Å². The summed E-state index contributed by atoms with van der Waals surface area (Å²) >= 11 is 0. The molecule has 0 aliphatic heterocycles. The molecule has 1 aliphatic carbocycles. The highest BCUT2D eigenvalue weighted by Crippen LogP contribution is 2.37. The van der Waals surface area contributed by atoms with Gasteiger partial charge < -0.3 is 15.6 Å². The standard InChI is InChI=1S/C14H16N4O/c1-9-4-5-16-7-12(9)17-14(19)13-6-10(15)8-18(13)11-2-3-11/h4-8,11H,2-3,15H2,1H3,(H,17,19). The van der Waals surface area contributed by atoms with Gasteiger partial charge in [-0.1, -0.05) is 0 Å². The van der Waals surface area contributed by atoms with Crippen LogP contribution in [-0.4, -0.2) is 15.5 Å². The smallest absolute Gasteiger partial charge is 0.272 e. The number of aromatic nitrogens is 2. The predicted octanol–water partition coefficient (Wildman–Crippen LogP) is 2.36. The highest BCUT2D eigenvalue weighted by Gasteiger charge is 2.27. The van der Waals surface area contributed by atoms with Gasteiger partial charge in [0.25, 0.3) is 5.91 Å². The van der Waals surface area contributed by atoms with Gasteiger partial charge >= 0.3 is 0 Å². The van der Waals surface area contributed by atoms with Crippen LogP contribution in [0.25, 0.3) is 0 Å². The SMILES string of the molecule is Cc1ccncc1NC(=O)c1cc(N)cn1C1CC1. The van der Waals surface area contributed by atoms with E-state index in [1.807, 2.05) is 23.8 Å². The molecule has 0 saturated heterocycles. The minimum Gasteiger partial charge on any atom is -0.397 e. The average Bonchev–Trinajstić information content (AvgIpc) is 3.15. The highest BCUT2D eigenvalue weighted by molar-refractivity contribution is 6.04. The Morgan fingerprint density at radius 3 is 3.00 bits per heavy atom. The third-order valence-electron chi connectivity index (χ3n) is 3.33. The lowest BCUT2D eigenvalue weighted by molar-refractivity contribution is 0.101. The van der Waals surface area contributed by atoms with Crippen LogP contribution in [0.4, 0.5) is 11.4 Å². The number of rotatable bonds is 3. The Morgan fingerprint density at radius 1 is 1.53 bits per heavy atom. The van der Waals surface area contributed by atoms with Crippen molar-refractivity contribution < 1.29 is 4.79 Å². The number of aryl methyl sites for hydroxylation is 1. The molecule has 0 spiro atoms. The predicted molar refractivity (Wildman–Crippen MR) is 74.0 cm³/mol. The van der Waals surface area contributed by atoms with Gasteiger partial charge in [0.1, 0.15) is 5.69 Å². The largest absolute Gasteiger partial charge is 0.397 e. The van der Waals surface area contributed by atoms with Crippen LogP contribution in [0.3, 0.4) is 0 Å². The Kier molecular flexibility index (Phi) is 2.74. The highest BCUT2D eigenvalue weighted by atomic mass is 16.2. The van der Waals surface area contributed by atoms with Crippen LogP contribution in [0.2, 0.25) is 0 Å². The molecule has 1 amide bonds. The van der Waals surface area contributed by atoms with Crippen molar-refractivity contribution in [2.45, 2.75) is 25.8 Å². The molecule has 5 heteroatoms. The first-order valence-electron chi connectivity index (χ1n) is 6.34. The molecule has 1 saturated carbocycles. The number of carbonyl (C=O) groups excluding carboxylic acids is 1. The average molecular weight is 256 g/mol. The third-order valence-corrected chi connectivity index (χ3v) is 3.33. The van der Waals surface area contributed by atoms with Gasteiger partial charge in [-0.25, -0.2) is 0 Å². The summed E-state index contributed by atoms with van der Waals surface area (Å²) < 4.78 is 1.97. The third kappa shape index (κ3) is 2.31. The molecule has 3 N–H and O–H groups in total. The Hall–Kier alpha value is -2.30. The first-order valence-corrected chi connectivity index (χ1v) is 6.34. The van der Waals surface area contributed by atoms with Gasteiger partial charge in [0.2, 0.25) is 0 Å². The van der Waals surface area contributed by atoms with Gasteiger partial charge in [-0.15, -0.1) is 0 Å².